The number of rotatable bonds is 3. The molecule has 24 heavy (non-hydrogen) atoms. The van der Waals surface area contributed by atoms with Gasteiger partial charge in [0.25, 0.3) is 0 Å². The number of carbonyl (C=O) groups excluding carboxylic acids is 1. The molecule has 1 aromatic carbocycles. The number of phenols is 1. The predicted octanol–water partition coefficient (Wildman–Crippen LogP) is 0.775. The highest BCUT2D eigenvalue weighted by Gasteiger charge is 2.28. The quantitative estimate of drug-likeness (QED) is 0.641. The molecule has 2 aromatic rings. The molecule has 1 aliphatic rings. The smallest absolute Gasteiger partial charge is 0.336 e. The summed E-state index contributed by atoms with van der Waals surface area (Å²) in [6.45, 7) is 4.15. The number of aromatic hydroxyl groups is 1. The van der Waals surface area contributed by atoms with Gasteiger partial charge in [0.1, 0.15) is 17.9 Å². The molecule has 1 aliphatic heterocycles. The van der Waals surface area contributed by atoms with Crippen LogP contribution in [0.15, 0.2) is 27.4 Å². The van der Waals surface area contributed by atoms with Gasteiger partial charge in [-0.15, -0.1) is 0 Å². The van der Waals surface area contributed by atoms with Crippen molar-refractivity contribution in [3.05, 3.63) is 39.7 Å². The number of methoxy groups -OCH3 is 1. The average Bonchev–Trinajstić information content (AvgIpc) is 2.58. The Hall–Kier alpha value is -2.34. The maximum absolute atomic E-state index is 11.9. The summed E-state index contributed by atoms with van der Waals surface area (Å²) in [5.41, 5.74) is 1.53. The molecule has 0 atom stereocenters. The molecule has 0 bridgehead atoms. The summed E-state index contributed by atoms with van der Waals surface area (Å²) >= 11 is 0. The molecule has 0 aliphatic carbocycles. The molecule has 3 rings (SSSR count). The molecule has 128 valence electrons. The fraction of sp³-hybridized carbons (Fsp3) is 0.444. The van der Waals surface area contributed by atoms with Crippen LogP contribution >= 0.6 is 0 Å². The number of nitrogens with one attached hydrogen (secondary N) is 1. The van der Waals surface area contributed by atoms with Crippen LogP contribution in [0.5, 0.6) is 5.75 Å². The number of quaternary nitrogens is 1. The molecule has 2 heterocycles. The standard InChI is InChI=1S/C18H21NO5/c1-11-15(20)4-3-14-13(9-16(21)24-17(11)14)10-19-7-5-12(6-8-19)18(22)23-2/h3-4,9,12,20H,5-8,10H2,1-2H3/p+1. The summed E-state index contributed by atoms with van der Waals surface area (Å²) in [6.07, 6.45) is 1.59. The van der Waals surface area contributed by atoms with Crippen molar-refractivity contribution in [2.24, 2.45) is 5.92 Å². The number of phenolic OH excluding ortho intramolecular Hbond substituents is 1. The van der Waals surface area contributed by atoms with Crippen LogP contribution in [-0.4, -0.2) is 31.3 Å². The van der Waals surface area contributed by atoms with Gasteiger partial charge in [0.15, 0.2) is 0 Å². The molecule has 0 saturated carbocycles. The van der Waals surface area contributed by atoms with Crippen molar-refractivity contribution in [2.75, 3.05) is 20.2 Å². The number of esters is 1. The average molecular weight is 332 g/mol. The molecular weight excluding hydrogens is 310 g/mol. The number of benzene rings is 1. The normalized spacial score (nSPS) is 20.9. The van der Waals surface area contributed by atoms with Gasteiger partial charge in [-0.05, 0) is 19.1 Å². The van der Waals surface area contributed by atoms with Gasteiger partial charge in [-0.3, -0.25) is 4.79 Å². The van der Waals surface area contributed by atoms with Crippen LogP contribution in [0, 0.1) is 12.8 Å². The van der Waals surface area contributed by atoms with E-state index in [0.29, 0.717) is 17.7 Å². The molecule has 1 aromatic heterocycles. The predicted molar refractivity (Wildman–Crippen MR) is 88.0 cm³/mol. The first-order valence-electron chi connectivity index (χ1n) is 8.16. The maximum Gasteiger partial charge on any atom is 0.336 e. The Morgan fingerprint density at radius 2 is 2.08 bits per heavy atom. The van der Waals surface area contributed by atoms with Crippen LogP contribution in [0.4, 0.5) is 0 Å². The SMILES string of the molecule is COC(=O)C1CC[NH+](Cc2cc(=O)oc3c(C)c(O)ccc23)CC1. The van der Waals surface area contributed by atoms with Crippen LogP contribution in [0.25, 0.3) is 11.0 Å². The second-order valence-corrected chi connectivity index (χ2v) is 6.40. The topological polar surface area (TPSA) is 81.2 Å². The van der Waals surface area contributed by atoms with E-state index in [1.165, 1.54) is 18.1 Å². The van der Waals surface area contributed by atoms with Crippen molar-refractivity contribution in [3.8, 4) is 5.75 Å². The molecule has 6 heteroatoms. The van der Waals surface area contributed by atoms with E-state index in [1.807, 2.05) is 0 Å². The highest BCUT2D eigenvalue weighted by molar-refractivity contribution is 5.84. The van der Waals surface area contributed by atoms with Crippen LogP contribution in [0.1, 0.15) is 24.0 Å². The van der Waals surface area contributed by atoms with Gasteiger partial charge >= 0.3 is 11.6 Å². The molecule has 2 N–H and O–H groups in total. The molecular formula is C18H22NO5+. The third-order valence-electron chi connectivity index (χ3n) is 4.89. The monoisotopic (exact) mass is 332 g/mol. The van der Waals surface area contributed by atoms with Crippen LogP contribution in [-0.2, 0) is 16.1 Å². The van der Waals surface area contributed by atoms with E-state index < -0.39 is 5.63 Å². The summed E-state index contributed by atoms with van der Waals surface area (Å²) in [6, 6.07) is 4.94. The van der Waals surface area contributed by atoms with Gasteiger partial charge in [-0.1, -0.05) is 0 Å². The lowest BCUT2D eigenvalue weighted by Gasteiger charge is -2.28. The summed E-state index contributed by atoms with van der Waals surface area (Å²) in [5, 5.41) is 10.7. The molecule has 1 fully saturated rings. The fourth-order valence-corrected chi connectivity index (χ4v) is 3.44. The van der Waals surface area contributed by atoms with Crippen molar-refractivity contribution >= 4 is 16.9 Å². The minimum atomic E-state index is -0.407. The Morgan fingerprint density at radius 1 is 1.38 bits per heavy atom. The number of fused-ring (bicyclic) bond motifs is 1. The zero-order valence-corrected chi connectivity index (χ0v) is 13.9. The maximum atomic E-state index is 11.9. The van der Waals surface area contributed by atoms with Crippen molar-refractivity contribution in [1.82, 2.24) is 0 Å². The zero-order valence-electron chi connectivity index (χ0n) is 13.9. The van der Waals surface area contributed by atoms with E-state index in [2.05, 4.69) is 0 Å². The van der Waals surface area contributed by atoms with Crippen LogP contribution in [0.2, 0.25) is 0 Å². The molecule has 0 unspecified atom stereocenters. The Bertz CT molecular complexity index is 818. The lowest BCUT2D eigenvalue weighted by Crippen LogP contribution is -3.11. The highest BCUT2D eigenvalue weighted by atomic mass is 16.5. The van der Waals surface area contributed by atoms with Crippen molar-refractivity contribution < 1.29 is 24.0 Å². The van der Waals surface area contributed by atoms with Crippen LogP contribution in [0.3, 0.4) is 0 Å². The van der Waals surface area contributed by atoms with E-state index in [1.54, 1.807) is 19.1 Å². The summed E-state index contributed by atoms with van der Waals surface area (Å²) in [7, 11) is 1.43. The van der Waals surface area contributed by atoms with E-state index in [9.17, 15) is 14.7 Å². The fourth-order valence-electron chi connectivity index (χ4n) is 3.44. The Morgan fingerprint density at radius 3 is 2.75 bits per heavy atom. The largest absolute Gasteiger partial charge is 0.508 e. The second kappa shape index (κ2) is 6.65. The Kier molecular flexibility index (Phi) is 4.57. The second-order valence-electron chi connectivity index (χ2n) is 6.40. The first-order chi connectivity index (χ1) is 11.5. The number of likely N-dealkylation sites (tertiary alicyclic amines) is 1. The first-order valence-corrected chi connectivity index (χ1v) is 8.16. The number of carbonyl (C=O) groups is 1. The minimum absolute atomic E-state index is 0.0180. The van der Waals surface area contributed by atoms with E-state index in [4.69, 9.17) is 9.15 Å². The lowest BCUT2D eigenvalue weighted by molar-refractivity contribution is -0.919. The van der Waals surface area contributed by atoms with Gasteiger partial charge < -0.3 is 19.2 Å². The number of hydrogen-bond donors (Lipinski definition) is 2. The van der Waals surface area contributed by atoms with E-state index in [-0.39, 0.29) is 17.6 Å². The summed E-state index contributed by atoms with van der Waals surface area (Å²) < 4.78 is 10.1. The Labute approximate surface area is 139 Å². The Balaban J connectivity index is 1.83. The summed E-state index contributed by atoms with van der Waals surface area (Å²) in [5.74, 6) is -0.0319. The molecule has 0 amide bonds. The first kappa shape index (κ1) is 16.5. The van der Waals surface area contributed by atoms with Crippen LogP contribution < -0.4 is 10.5 Å². The zero-order chi connectivity index (χ0) is 17.3. The van der Waals surface area contributed by atoms with Gasteiger partial charge in [0, 0.05) is 35.4 Å². The summed E-state index contributed by atoms with van der Waals surface area (Å²) in [4.78, 5) is 24.8. The van der Waals surface area contributed by atoms with Crippen molar-refractivity contribution in [2.45, 2.75) is 26.3 Å². The van der Waals surface area contributed by atoms with Gasteiger partial charge in [-0.25, -0.2) is 4.79 Å². The van der Waals surface area contributed by atoms with Gasteiger partial charge in [0.2, 0.25) is 0 Å². The minimum Gasteiger partial charge on any atom is -0.508 e. The number of aryl methyl sites for hydroxylation is 1. The third kappa shape index (κ3) is 3.14. The molecule has 0 radical (unpaired) electrons. The number of ether oxygens (including phenoxy) is 1. The van der Waals surface area contributed by atoms with Gasteiger partial charge in [0.05, 0.1) is 26.1 Å². The molecule has 0 spiro atoms. The molecule has 6 nitrogen and oxygen atoms in total. The van der Waals surface area contributed by atoms with Crippen molar-refractivity contribution in [3.63, 3.8) is 0 Å². The third-order valence-corrected chi connectivity index (χ3v) is 4.89. The van der Waals surface area contributed by atoms with E-state index in [0.717, 1.165) is 36.9 Å². The van der Waals surface area contributed by atoms with E-state index >= 15 is 0 Å². The molecule has 1 saturated heterocycles. The van der Waals surface area contributed by atoms with Crippen molar-refractivity contribution in [1.29, 1.82) is 0 Å². The van der Waals surface area contributed by atoms with Gasteiger partial charge in [-0.2, -0.15) is 0 Å². The number of hydrogen-bond acceptors (Lipinski definition) is 5. The number of piperidine rings is 1. The highest BCUT2D eigenvalue weighted by Crippen LogP contribution is 2.27. The lowest BCUT2D eigenvalue weighted by atomic mass is 9.96.